The monoisotopic (exact) mass is 408 g/mol. The van der Waals surface area contributed by atoms with E-state index in [4.69, 9.17) is 4.74 Å². The predicted octanol–water partition coefficient (Wildman–Crippen LogP) is 3.83. The second-order valence-electron chi connectivity index (χ2n) is 7.08. The first kappa shape index (κ1) is 21.4. The summed E-state index contributed by atoms with van der Waals surface area (Å²) in [6.45, 7) is 5.11. The lowest BCUT2D eigenvalue weighted by molar-refractivity contribution is 0.0635. The topological polar surface area (TPSA) is 102 Å². The van der Waals surface area contributed by atoms with Crippen molar-refractivity contribution in [3.8, 4) is 0 Å². The highest BCUT2D eigenvalue weighted by atomic mass is 32.2. The Balaban J connectivity index is 2.20. The van der Waals surface area contributed by atoms with Crippen LogP contribution in [0.25, 0.3) is 0 Å². The van der Waals surface area contributed by atoms with Crippen LogP contribution in [0, 0.1) is 5.82 Å². The summed E-state index contributed by atoms with van der Waals surface area (Å²) in [4.78, 5) is 24.2. The van der Waals surface area contributed by atoms with Crippen LogP contribution in [-0.4, -0.2) is 32.3 Å². The van der Waals surface area contributed by atoms with E-state index < -0.39 is 33.3 Å². The van der Waals surface area contributed by atoms with E-state index in [2.05, 4.69) is 10.6 Å². The second-order valence-corrected chi connectivity index (χ2v) is 9.09. The van der Waals surface area contributed by atoms with E-state index in [0.717, 1.165) is 12.3 Å². The summed E-state index contributed by atoms with van der Waals surface area (Å²) in [5.74, 6) is -1.42. The largest absolute Gasteiger partial charge is 0.444 e. The number of hydrogen-bond donors (Lipinski definition) is 2. The Labute approximate surface area is 162 Å². The van der Waals surface area contributed by atoms with Crippen molar-refractivity contribution in [3.05, 3.63) is 53.8 Å². The normalized spacial score (nSPS) is 11.6. The molecule has 2 amide bonds. The SMILES string of the molecule is CC(C)(C)OC(=O)Nc1ccc(F)c(NC(=O)c2cccc(S(C)(=O)=O)c2)c1. The van der Waals surface area contributed by atoms with Crippen molar-refractivity contribution in [1.82, 2.24) is 0 Å². The van der Waals surface area contributed by atoms with Gasteiger partial charge in [0.05, 0.1) is 10.6 Å². The Morgan fingerprint density at radius 1 is 1.04 bits per heavy atom. The predicted molar refractivity (Wildman–Crippen MR) is 104 cm³/mol. The van der Waals surface area contributed by atoms with Gasteiger partial charge >= 0.3 is 6.09 Å². The summed E-state index contributed by atoms with van der Waals surface area (Å²) < 4.78 is 42.4. The number of hydrogen-bond acceptors (Lipinski definition) is 5. The summed E-state index contributed by atoms with van der Waals surface area (Å²) in [5, 5.41) is 4.82. The highest BCUT2D eigenvalue weighted by molar-refractivity contribution is 7.90. The van der Waals surface area contributed by atoms with Crippen molar-refractivity contribution in [1.29, 1.82) is 0 Å². The number of rotatable bonds is 4. The van der Waals surface area contributed by atoms with E-state index in [1.165, 1.54) is 36.4 Å². The molecule has 0 aliphatic rings. The lowest BCUT2D eigenvalue weighted by Crippen LogP contribution is -2.27. The Morgan fingerprint density at radius 2 is 1.71 bits per heavy atom. The minimum Gasteiger partial charge on any atom is -0.444 e. The van der Waals surface area contributed by atoms with Crippen LogP contribution in [0.2, 0.25) is 0 Å². The zero-order chi connectivity index (χ0) is 21.1. The third-order valence-electron chi connectivity index (χ3n) is 3.38. The van der Waals surface area contributed by atoms with E-state index in [-0.39, 0.29) is 21.8 Å². The average Bonchev–Trinajstić information content (AvgIpc) is 2.55. The van der Waals surface area contributed by atoms with Crippen LogP contribution in [-0.2, 0) is 14.6 Å². The molecule has 2 N–H and O–H groups in total. The molecule has 0 saturated heterocycles. The van der Waals surface area contributed by atoms with Gasteiger partial charge in [-0.1, -0.05) is 6.07 Å². The maximum absolute atomic E-state index is 14.1. The summed E-state index contributed by atoms with van der Waals surface area (Å²) in [6, 6.07) is 9.02. The maximum Gasteiger partial charge on any atom is 0.412 e. The van der Waals surface area contributed by atoms with Gasteiger partial charge in [0.1, 0.15) is 11.4 Å². The number of nitrogens with one attached hydrogen (secondary N) is 2. The van der Waals surface area contributed by atoms with Crippen molar-refractivity contribution < 1.29 is 27.1 Å². The number of halogens is 1. The number of carbonyl (C=O) groups excluding carboxylic acids is 2. The summed E-state index contributed by atoms with van der Waals surface area (Å²) in [5.41, 5.74) is -0.613. The van der Waals surface area contributed by atoms with Crippen LogP contribution in [0.3, 0.4) is 0 Å². The minimum atomic E-state index is -3.49. The first-order valence-corrected chi connectivity index (χ1v) is 10.2. The van der Waals surface area contributed by atoms with Crippen molar-refractivity contribution >= 4 is 33.2 Å². The fourth-order valence-electron chi connectivity index (χ4n) is 2.18. The number of benzene rings is 2. The molecule has 0 aliphatic carbocycles. The molecule has 9 heteroatoms. The van der Waals surface area contributed by atoms with Crippen LogP contribution < -0.4 is 10.6 Å². The van der Waals surface area contributed by atoms with Gasteiger partial charge in [0.15, 0.2) is 9.84 Å². The molecular formula is C19H21FN2O5S. The molecule has 7 nitrogen and oxygen atoms in total. The van der Waals surface area contributed by atoms with Gasteiger partial charge in [0, 0.05) is 17.5 Å². The molecule has 150 valence electrons. The zero-order valence-corrected chi connectivity index (χ0v) is 16.7. The van der Waals surface area contributed by atoms with Gasteiger partial charge in [-0.2, -0.15) is 0 Å². The molecule has 0 heterocycles. The highest BCUT2D eigenvalue weighted by Gasteiger charge is 2.17. The Hall–Kier alpha value is -2.94. The third-order valence-corrected chi connectivity index (χ3v) is 4.49. The molecule has 0 saturated carbocycles. The molecule has 0 fully saturated rings. The molecule has 28 heavy (non-hydrogen) atoms. The van der Waals surface area contributed by atoms with Crippen molar-refractivity contribution in [2.75, 3.05) is 16.9 Å². The van der Waals surface area contributed by atoms with Gasteiger partial charge < -0.3 is 10.1 Å². The van der Waals surface area contributed by atoms with Gasteiger partial charge in [0.2, 0.25) is 0 Å². The molecule has 0 atom stereocenters. The fraction of sp³-hybridized carbons (Fsp3) is 0.263. The van der Waals surface area contributed by atoms with Gasteiger partial charge in [-0.05, 0) is 57.2 Å². The molecule has 2 aromatic rings. The third kappa shape index (κ3) is 6.05. The molecular weight excluding hydrogens is 387 g/mol. The van der Waals surface area contributed by atoms with E-state index >= 15 is 0 Å². The van der Waals surface area contributed by atoms with E-state index in [9.17, 15) is 22.4 Å². The van der Waals surface area contributed by atoms with E-state index in [1.54, 1.807) is 20.8 Å². The second kappa shape index (κ2) is 7.97. The lowest BCUT2D eigenvalue weighted by Gasteiger charge is -2.19. The molecule has 0 bridgehead atoms. The fourth-order valence-corrected chi connectivity index (χ4v) is 2.85. The number of anilines is 2. The van der Waals surface area contributed by atoms with Crippen molar-refractivity contribution in [3.63, 3.8) is 0 Å². The van der Waals surface area contributed by atoms with Crippen LogP contribution >= 0.6 is 0 Å². The Kier molecular flexibility index (Phi) is 6.08. The van der Waals surface area contributed by atoms with Gasteiger partial charge in [-0.3, -0.25) is 10.1 Å². The first-order valence-electron chi connectivity index (χ1n) is 8.26. The van der Waals surface area contributed by atoms with Crippen LogP contribution in [0.15, 0.2) is 47.4 Å². The number of amides is 2. The smallest absolute Gasteiger partial charge is 0.412 e. The molecule has 2 rings (SSSR count). The molecule has 0 aliphatic heterocycles. The standard InChI is InChI=1S/C19H21FN2O5S/c1-19(2,3)27-18(24)21-13-8-9-15(20)16(11-13)22-17(23)12-6-5-7-14(10-12)28(4,25)26/h5-11H,1-4H3,(H,21,24)(H,22,23). The van der Waals surface area contributed by atoms with Crippen LogP contribution in [0.5, 0.6) is 0 Å². The molecule has 2 aromatic carbocycles. The minimum absolute atomic E-state index is 0.0269. The zero-order valence-electron chi connectivity index (χ0n) is 15.9. The number of carbonyl (C=O) groups is 2. The number of ether oxygens (including phenoxy) is 1. The molecule has 0 unspecified atom stereocenters. The summed E-state index contributed by atoms with van der Waals surface area (Å²) >= 11 is 0. The molecule has 0 aromatic heterocycles. The van der Waals surface area contributed by atoms with Gasteiger partial charge in [-0.25, -0.2) is 17.6 Å². The Bertz CT molecular complexity index is 1010. The van der Waals surface area contributed by atoms with Crippen LogP contribution in [0.4, 0.5) is 20.6 Å². The van der Waals surface area contributed by atoms with Gasteiger partial charge in [-0.15, -0.1) is 0 Å². The molecule has 0 spiro atoms. The van der Waals surface area contributed by atoms with Crippen molar-refractivity contribution in [2.45, 2.75) is 31.3 Å². The van der Waals surface area contributed by atoms with Crippen LogP contribution in [0.1, 0.15) is 31.1 Å². The highest BCUT2D eigenvalue weighted by Crippen LogP contribution is 2.22. The quantitative estimate of drug-likeness (QED) is 0.801. The lowest BCUT2D eigenvalue weighted by atomic mass is 10.2. The summed E-state index contributed by atoms with van der Waals surface area (Å²) in [7, 11) is -3.49. The summed E-state index contributed by atoms with van der Waals surface area (Å²) in [6.07, 6.45) is 0.299. The van der Waals surface area contributed by atoms with Crippen molar-refractivity contribution in [2.24, 2.45) is 0 Å². The first-order chi connectivity index (χ1) is 12.8. The van der Waals surface area contributed by atoms with Gasteiger partial charge in [0.25, 0.3) is 5.91 Å². The molecule has 0 radical (unpaired) electrons. The van der Waals surface area contributed by atoms with E-state index in [1.807, 2.05) is 0 Å². The number of sulfone groups is 1. The maximum atomic E-state index is 14.1. The van der Waals surface area contributed by atoms with E-state index in [0.29, 0.717) is 0 Å². The Morgan fingerprint density at radius 3 is 2.32 bits per heavy atom. The average molecular weight is 408 g/mol.